The van der Waals surface area contributed by atoms with Gasteiger partial charge in [-0.1, -0.05) is 19.8 Å². The summed E-state index contributed by atoms with van der Waals surface area (Å²) in [6.07, 6.45) is 10.0. The maximum absolute atomic E-state index is 3.60. The molecule has 1 saturated carbocycles. The Morgan fingerprint density at radius 2 is 2.00 bits per heavy atom. The van der Waals surface area contributed by atoms with Crippen molar-refractivity contribution in [1.82, 2.24) is 10.2 Å². The SMILES string of the molecule is CCCNCC1CCCCN1CC1CCC1. The summed E-state index contributed by atoms with van der Waals surface area (Å²) in [4.78, 5) is 2.77. The molecule has 1 aliphatic heterocycles. The highest BCUT2D eigenvalue weighted by Crippen LogP contribution is 2.29. The molecule has 1 saturated heterocycles. The summed E-state index contributed by atoms with van der Waals surface area (Å²) in [5, 5.41) is 3.60. The van der Waals surface area contributed by atoms with Crippen LogP contribution in [-0.4, -0.2) is 37.1 Å². The van der Waals surface area contributed by atoms with Crippen LogP contribution in [0.5, 0.6) is 0 Å². The topological polar surface area (TPSA) is 15.3 Å². The molecule has 1 aliphatic carbocycles. The zero-order valence-corrected chi connectivity index (χ0v) is 10.9. The Balaban J connectivity index is 1.72. The van der Waals surface area contributed by atoms with E-state index in [1.165, 1.54) is 71.1 Å². The van der Waals surface area contributed by atoms with E-state index in [9.17, 15) is 0 Å². The lowest BCUT2D eigenvalue weighted by molar-refractivity contribution is 0.0997. The van der Waals surface area contributed by atoms with E-state index in [0.717, 1.165) is 12.0 Å². The molecule has 0 aromatic rings. The van der Waals surface area contributed by atoms with Crippen molar-refractivity contribution in [3.05, 3.63) is 0 Å². The third-order valence-electron chi connectivity index (χ3n) is 4.27. The van der Waals surface area contributed by atoms with Gasteiger partial charge in [-0.15, -0.1) is 0 Å². The second kappa shape index (κ2) is 6.61. The van der Waals surface area contributed by atoms with Crippen molar-refractivity contribution in [3.8, 4) is 0 Å². The van der Waals surface area contributed by atoms with Gasteiger partial charge in [-0.3, -0.25) is 4.90 Å². The fourth-order valence-corrected chi connectivity index (χ4v) is 2.98. The van der Waals surface area contributed by atoms with Crippen LogP contribution in [-0.2, 0) is 0 Å². The van der Waals surface area contributed by atoms with Crippen LogP contribution in [0.25, 0.3) is 0 Å². The smallest absolute Gasteiger partial charge is 0.0220 e. The van der Waals surface area contributed by atoms with Crippen LogP contribution in [0.2, 0.25) is 0 Å². The summed E-state index contributed by atoms with van der Waals surface area (Å²) in [6, 6.07) is 0.834. The molecule has 1 atom stereocenters. The zero-order chi connectivity index (χ0) is 11.2. The number of rotatable bonds is 6. The molecule has 0 spiro atoms. The molecule has 0 bridgehead atoms. The van der Waals surface area contributed by atoms with Crippen LogP contribution >= 0.6 is 0 Å². The maximum atomic E-state index is 3.60. The molecule has 1 unspecified atom stereocenters. The first-order chi connectivity index (χ1) is 7.90. The Kier molecular flexibility index (Phi) is 5.11. The lowest BCUT2D eigenvalue weighted by atomic mass is 9.84. The zero-order valence-electron chi connectivity index (χ0n) is 10.9. The first-order valence-corrected chi connectivity index (χ1v) is 7.35. The molecule has 2 nitrogen and oxygen atoms in total. The van der Waals surface area contributed by atoms with Crippen molar-refractivity contribution in [1.29, 1.82) is 0 Å². The summed E-state index contributed by atoms with van der Waals surface area (Å²) in [7, 11) is 0. The van der Waals surface area contributed by atoms with Crippen molar-refractivity contribution < 1.29 is 0 Å². The van der Waals surface area contributed by atoms with E-state index in [1.807, 2.05) is 0 Å². The monoisotopic (exact) mass is 224 g/mol. The van der Waals surface area contributed by atoms with Gasteiger partial charge in [0.25, 0.3) is 0 Å². The minimum absolute atomic E-state index is 0.834. The van der Waals surface area contributed by atoms with Gasteiger partial charge in [0.2, 0.25) is 0 Å². The fourth-order valence-electron chi connectivity index (χ4n) is 2.98. The van der Waals surface area contributed by atoms with Gasteiger partial charge in [0, 0.05) is 19.1 Å². The molecule has 0 aromatic heterocycles. The molecular weight excluding hydrogens is 196 g/mol. The Labute approximate surface area is 101 Å². The van der Waals surface area contributed by atoms with Crippen LogP contribution in [0.15, 0.2) is 0 Å². The number of hydrogen-bond donors (Lipinski definition) is 1. The molecule has 1 N–H and O–H groups in total. The van der Waals surface area contributed by atoms with Crippen LogP contribution in [0.1, 0.15) is 51.9 Å². The van der Waals surface area contributed by atoms with Gasteiger partial charge in [0.15, 0.2) is 0 Å². The van der Waals surface area contributed by atoms with Crippen molar-refractivity contribution in [3.63, 3.8) is 0 Å². The predicted octanol–water partition coefficient (Wildman–Crippen LogP) is 2.64. The van der Waals surface area contributed by atoms with E-state index >= 15 is 0 Å². The van der Waals surface area contributed by atoms with Crippen LogP contribution in [0.3, 0.4) is 0 Å². The molecule has 0 aromatic carbocycles. The van der Waals surface area contributed by atoms with Gasteiger partial charge in [0.05, 0.1) is 0 Å². The maximum Gasteiger partial charge on any atom is 0.0220 e. The molecule has 0 amide bonds. The Bertz CT molecular complexity index is 189. The lowest BCUT2D eigenvalue weighted by Crippen LogP contribution is -2.48. The van der Waals surface area contributed by atoms with Gasteiger partial charge in [-0.05, 0) is 51.1 Å². The number of nitrogens with one attached hydrogen (secondary N) is 1. The Hall–Kier alpha value is -0.0800. The quantitative estimate of drug-likeness (QED) is 0.698. The Morgan fingerprint density at radius 1 is 1.12 bits per heavy atom. The molecule has 2 fully saturated rings. The molecular formula is C14H28N2. The second-order valence-corrected chi connectivity index (χ2v) is 5.65. The summed E-state index contributed by atoms with van der Waals surface area (Å²) in [5.41, 5.74) is 0. The van der Waals surface area contributed by atoms with Crippen LogP contribution in [0, 0.1) is 5.92 Å². The van der Waals surface area contributed by atoms with E-state index in [1.54, 1.807) is 0 Å². The minimum Gasteiger partial charge on any atom is -0.315 e. The lowest BCUT2D eigenvalue weighted by Gasteiger charge is -2.40. The number of likely N-dealkylation sites (tertiary alicyclic amines) is 1. The molecule has 1 heterocycles. The van der Waals surface area contributed by atoms with Crippen molar-refractivity contribution in [2.45, 2.75) is 57.9 Å². The van der Waals surface area contributed by atoms with Crippen molar-refractivity contribution >= 4 is 0 Å². The third kappa shape index (κ3) is 3.46. The molecule has 2 aliphatic rings. The van der Waals surface area contributed by atoms with E-state index < -0.39 is 0 Å². The highest BCUT2D eigenvalue weighted by molar-refractivity contribution is 4.82. The second-order valence-electron chi connectivity index (χ2n) is 5.65. The molecule has 2 rings (SSSR count). The van der Waals surface area contributed by atoms with Crippen molar-refractivity contribution in [2.75, 3.05) is 26.2 Å². The predicted molar refractivity (Wildman–Crippen MR) is 69.7 cm³/mol. The highest BCUT2D eigenvalue weighted by Gasteiger charge is 2.26. The minimum atomic E-state index is 0.834. The normalized spacial score (nSPS) is 27.9. The van der Waals surface area contributed by atoms with Gasteiger partial charge in [-0.2, -0.15) is 0 Å². The van der Waals surface area contributed by atoms with Gasteiger partial charge < -0.3 is 5.32 Å². The van der Waals surface area contributed by atoms with E-state index in [2.05, 4.69) is 17.1 Å². The van der Waals surface area contributed by atoms with Gasteiger partial charge in [-0.25, -0.2) is 0 Å². The van der Waals surface area contributed by atoms with Crippen LogP contribution in [0.4, 0.5) is 0 Å². The largest absolute Gasteiger partial charge is 0.315 e. The highest BCUT2D eigenvalue weighted by atomic mass is 15.2. The average molecular weight is 224 g/mol. The summed E-state index contributed by atoms with van der Waals surface area (Å²) in [6.45, 7) is 7.40. The molecule has 0 radical (unpaired) electrons. The Morgan fingerprint density at radius 3 is 2.69 bits per heavy atom. The number of piperidine rings is 1. The summed E-state index contributed by atoms with van der Waals surface area (Å²) >= 11 is 0. The van der Waals surface area contributed by atoms with E-state index in [0.29, 0.717) is 0 Å². The summed E-state index contributed by atoms with van der Waals surface area (Å²) < 4.78 is 0. The number of nitrogens with zero attached hydrogens (tertiary/aromatic N) is 1. The first-order valence-electron chi connectivity index (χ1n) is 7.35. The van der Waals surface area contributed by atoms with Crippen LogP contribution < -0.4 is 5.32 Å². The average Bonchev–Trinajstić information content (AvgIpc) is 2.25. The van der Waals surface area contributed by atoms with Gasteiger partial charge in [0.1, 0.15) is 0 Å². The van der Waals surface area contributed by atoms with Gasteiger partial charge >= 0.3 is 0 Å². The fraction of sp³-hybridized carbons (Fsp3) is 1.00. The first kappa shape index (κ1) is 12.4. The van der Waals surface area contributed by atoms with E-state index in [4.69, 9.17) is 0 Å². The van der Waals surface area contributed by atoms with E-state index in [-0.39, 0.29) is 0 Å². The third-order valence-corrected chi connectivity index (χ3v) is 4.27. The standard InChI is InChI=1S/C14H28N2/c1-2-9-15-11-14-8-3-4-10-16(14)12-13-6-5-7-13/h13-15H,2-12H2,1H3. The molecule has 16 heavy (non-hydrogen) atoms. The summed E-state index contributed by atoms with van der Waals surface area (Å²) in [5.74, 6) is 1.03. The van der Waals surface area contributed by atoms with Crippen molar-refractivity contribution in [2.24, 2.45) is 5.92 Å². The number of hydrogen-bond acceptors (Lipinski definition) is 2. The molecule has 94 valence electrons. The molecule has 2 heteroatoms.